The number of hydrogen-bond donors (Lipinski definition) is 1. The van der Waals surface area contributed by atoms with E-state index in [1.54, 1.807) is 0 Å². The summed E-state index contributed by atoms with van der Waals surface area (Å²) >= 11 is 0. The van der Waals surface area contributed by atoms with Gasteiger partial charge in [0.25, 0.3) is 5.91 Å². The molecule has 1 radical (unpaired) electrons. The first-order chi connectivity index (χ1) is 2.64. The zero-order valence-electron chi connectivity index (χ0n) is 3.56. The Morgan fingerprint density at radius 3 is 2.17 bits per heavy atom. The molecule has 6 heavy (non-hydrogen) atoms. The molecule has 3 nitrogen and oxygen atoms in total. The first-order valence-electron chi connectivity index (χ1n) is 1.65. The summed E-state index contributed by atoms with van der Waals surface area (Å²) in [6, 6.07) is -0.620. The Bertz CT molecular complexity index is 59.8. The number of carbonyl (C=O) groups excluding carboxylic acids is 1. The van der Waals surface area contributed by atoms with Gasteiger partial charge in [0, 0.05) is 0 Å². The fraction of sp³-hybridized carbons (Fsp3) is 0.667. The van der Waals surface area contributed by atoms with Crippen LogP contribution in [0.15, 0.2) is 0 Å². The summed E-state index contributed by atoms with van der Waals surface area (Å²) in [5.74, 6) is -0.713. The second-order valence-corrected chi connectivity index (χ2v) is 1.15. The molecular formula is C3H7N2O. The molecule has 1 atom stereocenters. The fourth-order valence-electron chi connectivity index (χ4n) is 0. The monoisotopic (exact) mass is 87.1 g/mol. The quantitative estimate of drug-likeness (QED) is 0.452. The molecule has 0 rings (SSSR count). The molecule has 0 fully saturated rings. The predicted molar refractivity (Wildman–Crippen MR) is 21.8 cm³/mol. The van der Waals surface area contributed by atoms with Gasteiger partial charge in [0.15, 0.2) is 0 Å². The van der Waals surface area contributed by atoms with Gasteiger partial charge in [0.05, 0.1) is 6.04 Å². The van der Waals surface area contributed by atoms with Crippen LogP contribution in [0, 0.1) is 0 Å². The van der Waals surface area contributed by atoms with Crippen LogP contribution < -0.4 is 11.5 Å². The summed E-state index contributed by atoms with van der Waals surface area (Å²) < 4.78 is 0. The predicted octanol–water partition coefficient (Wildman–Crippen LogP) is -0.857. The number of nitrogens with one attached hydrogen (secondary N) is 1. The maximum absolute atomic E-state index is 9.69. The maximum Gasteiger partial charge on any atom is 0.254 e. The van der Waals surface area contributed by atoms with Crippen molar-refractivity contribution in [3.8, 4) is 0 Å². The molecule has 3 N–H and O–H groups in total. The molecule has 3 heteroatoms. The average Bonchev–Trinajstić information content (AvgIpc) is 1.36. The Hall–Kier alpha value is -0.570. The molecule has 0 bridgehead atoms. The highest BCUT2D eigenvalue weighted by Gasteiger charge is 1.97. The Labute approximate surface area is 36.3 Å². The summed E-state index contributed by atoms with van der Waals surface area (Å²) in [5, 5.41) is 0. The van der Waals surface area contributed by atoms with Crippen molar-refractivity contribution in [1.29, 1.82) is 0 Å². The van der Waals surface area contributed by atoms with Gasteiger partial charge in [-0.05, 0) is 6.92 Å². The third kappa shape index (κ3) is 1.72. The average molecular weight is 87.1 g/mol. The van der Waals surface area contributed by atoms with Crippen LogP contribution >= 0.6 is 0 Å². The van der Waals surface area contributed by atoms with E-state index >= 15 is 0 Å². The Morgan fingerprint density at radius 2 is 2.17 bits per heavy atom. The molecule has 35 valence electrons. The van der Waals surface area contributed by atoms with Crippen LogP contribution in [0.5, 0.6) is 0 Å². The van der Waals surface area contributed by atoms with Gasteiger partial charge in [-0.15, -0.1) is 0 Å². The van der Waals surface area contributed by atoms with Crippen LogP contribution in [0.1, 0.15) is 6.92 Å². The molecule has 0 spiro atoms. The van der Waals surface area contributed by atoms with Gasteiger partial charge >= 0.3 is 0 Å². The second-order valence-electron chi connectivity index (χ2n) is 1.15. The van der Waals surface area contributed by atoms with Crippen molar-refractivity contribution in [3.05, 3.63) is 0 Å². The zero-order chi connectivity index (χ0) is 5.15. The second kappa shape index (κ2) is 1.77. The summed E-state index contributed by atoms with van der Waals surface area (Å²) in [4.78, 5) is 9.69. The smallest absolute Gasteiger partial charge is 0.254 e. The maximum atomic E-state index is 9.69. The standard InChI is InChI=1S/C3H7N2O/c1-2(4)3(5)6/h2,5H,4H2,1H3/t2-/m1/s1. The molecule has 0 heterocycles. The molecule has 0 aromatic heterocycles. The Kier molecular flexibility index (Phi) is 1.60. The molecule has 0 saturated carbocycles. The van der Waals surface area contributed by atoms with E-state index in [1.165, 1.54) is 6.92 Å². The Balaban J connectivity index is 3.26. The van der Waals surface area contributed by atoms with Crippen molar-refractivity contribution < 1.29 is 4.79 Å². The SMILES string of the molecule is C[C@@H](N)C([NH])=O. The molecule has 0 aliphatic rings. The molecule has 0 aliphatic heterocycles. The Morgan fingerprint density at radius 1 is 2.00 bits per heavy atom. The third-order valence-corrected chi connectivity index (χ3v) is 0.414. The van der Waals surface area contributed by atoms with E-state index in [2.05, 4.69) is 0 Å². The minimum absolute atomic E-state index is 0.620. The summed E-state index contributed by atoms with van der Waals surface area (Å²) in [7, 11) is 0. The lowest BCUT2D eigenvalue weighted by molar-refractivity contribution is -0.119. The van der Waals surface area contributed by atoms with E-state index in [-0.39, 0.29) is 0 Å². The third-order valence-electron chi connectivity index (χ3n) is 0.414. The van der Waals surface area contributed by atoms with Crippen LogP contribution in [-0.2, 0) is 4.79 Å². The van der Waals surface area contributed by atoms with Gasteiger partial charge in [-0.3, -0.25) is 10.5 Å². The highest BCUT2D eigenvalue weighted by atomic mass is 16.1. The highest BCUT2D eigenvalue weighted by Crippen LogP contribution is 1.66. The summed E-state index contributed by atoms with van der Waals surface area (Å²) in [5.41, 5.74) is 11.2. The first kappa shape index (κ1) is 5.43. The minimum Gasteiger partial charge on any atom is -0.320 e. The largest absolute Gasteiger partial charge is 0.320 e. The van der Waals surface area contributed by atoms with Gasteiger partial charge in [-0.1, -0.05) is 0 Å². The fourth-order valence-corrected chi connectivity index (χ4v) is 0. The van der Waals surface area contributed by atoms with Gasteiger partial charge in [0.2, 0.25) is 0 Å². The first-order valence-corrected chi connectivity index (χ1v) is 1.65. The normalized spacial score (nSPS) is 13.7. The number of amides is 1. The number of nitrogens with two attached hydrogens (primary N) is 1. The van der Waals surface area contributed by atoms with Crippen molar-refractivity contribution in [2.75, 3.05) is 0 Å². The number of carbonyl (C=O) groups is 1. The molecule has 0 unspecified atom stereocenters. The molecule has 0 aliphatic carbocycles. The lowest BCUT2D eigenvalue weighted by atomic mass is 10.4. The van der Waals surface area contributed by atoms with Gasteiger partial charge < -0.3 is 5.73 Å². The van der Waals surface area contributed by atoms with Crippen LogP contribution in [0.3, 0.4) is 0 Å². The lowest BCUT2D eigenvalue weighted by Gasteiger charge is -1.90. The van der Waals surface area contributed by atoms with Crippen molar-refractivity contribution in [3.63, 3.8) is 0 Å². The van der Waals surface area contributed by atoms with Crippen molar-refractivity contribution in [2.24, 2.45) is 5.73 Å². The van der Waals surface area contributed by atoms with E-state index in [0.717, 1.165) is 0 Å². The van der Waals surface area contributed by atoms with Crippen LogP contribution in [0.25, 0.3) is 0 Å². The van der Waals surface area contributed by atoms with Crippen LogP contribution in [-0.4, -0.2) is 11.9 Å². The number of hydrogen-bond acceptors (Lipinski definition) is 2. The molecule has 0 aromatic carbocycles. The van der Waals surface area contributed by atoms with Gasteiger partial charge in [0.1, 0.15) is 0 Å². The van der Waals surface area contributed by atoms with Crippen LogP contribution in [0.4, 0.5) is 0 Å². The molecule has 0 aromatic rings. The van der Waals surface area contributed by atoms with Crippen molar-refractivity contribution >= 4 is 5.91 Å². The lowest BCUT2D eigenvalue weighted by Crippen LogP contribution is -2.26. The minimum atomic E-state index is -0.713. The van der Waals surface area contributed by atoms with Crippen molar-refractivity contribution in [2.45, 2.75) is 13.0 Å². The number of rotatable bonds is 1. The topological polar surface area (TPSA) is 66.9 Å². The zero-order valence-corrected chi connectivity index (χ0v) is 3.56. The van der Waals surface area contributed by atoms with Crippen LogP contribution in [0.2, 0.25) is 0 Å². The van der Waals surface area contributed by atoms with E-state index < -0.39 is 11.9 Å². The molecule has 1 amide bonds. The highest BCUT2D eigenvalue weighted by molar-refractivity contribution is 5.78. The van der Waals surface area contributed by atoms with Gasteiger partial charge in [-0.25, -0.2) is 0 Å². The van der Waals surface area contributed by atoms with Gasteiger partial charge in [-0.2, -0.15) is 0 Å². The van der Waals surface area contributed by atoms with E-state index in [0.29, 0.717) is 0 Å². The molecule has 0 saturated heterocycles. The molecular weight excluding hydrogens is 80.0 g/mol. The van der Waals surface area contributed by atoms with Crippen molar-refractivity contribution in [1.82, 2.24) is 5.73 Å². The summed E-state index contributed by atoms with van der Waals surface area (Å²) in [6.45, 7) is 1.48. The van der Waals surface area contributed by atoms with E-state index in [9.17, 15) is 4.79 Å². The summed E-state index contributed by atoms with van der Waals surface area (Å²) in [6.07, 6.45) is 0. The van der Waals surface area contributed by atoms with E-state index in [4.69, 9.17) is 11.5 Å². The van der Waals surface area contributed by atoms with E-state index in [1.807, 2.05) is 0 Å².